The van der Waals surface area contributed by atoms with Gasteiger partial charge in [0.1, 0.15) is 11.2 Å². The van der Waals surface area contributed by atoms with Crippen LogP contribution in [-0.2, 0) is 9.53 Å². The zero-order chi connectivity index (χ0) is 16.1. The summed E-state index contributed by atoms with van der Waals surface area (Å²) in [6.07, 6.45) is 2.03. The minimum absolute atomic E-state index is 0.103. The molecule has 2 aliphatic rings. The number of carboxylic acid groups (broad SMARTS) is 1. The Hall–Kier alpha value is -1.21. The average molecular weight is 298 g/mol. The number of ether oxygens (including phenoxy) is 1. The number of rotatable bonds is 3. The van der Waals surface area contributed by atoms with Crippen molar-refractivity contribution in [3.05, 3.63) is 23.8 Å². The number of hydrogen-bond donors (Lipinski definition) is 4. The molecule has 21 heavy (non-hydrogen) atoms. The number of allylic oxidation sites excluding steroid dienone is 2. The second kappa shape index (κ2) is 4.91. The lowest BCUT2D eigenvalue weighted by Crippen LogP contribution is -2.67. The van der Waals surface area contributed by atoms with Crippen LogP contribution in [0.2, 0.25) is 0 Å². The molecule has 0 amide bonds. The third-order valence-corrected chi connectivity index (χ3v) is 4.92. The number of aliphatic hydroxyl groups is 3. The second-order valence-electron chi connectivity index (χ2n) is 6.48. The molecule has 6 heteroatoms. The molecule has 1 aliphatic heterocycles. The van der Waals surface area contributed by atoms with Gasteiger partial charge >= 0.3 is 5.97 Å². The molecule has 2 rings (SSSR count). The third kappa shape index (κ3) is 2.23. The SMILES string of the molecule is CC(C=CC1(O)C2(C)CC(O)C(O)C1(C)CO2)=CC(=O)O. The van der Waals surface area contributed by atoms with Gasteiger partial charge in [0.15, 0.2) is 0 Å². The van der Waals surface area contributed by atoms with E-state index in [4.69, 9.17) is 9.84 Å². The topological polar surface area (TPSA) is 107 Å². The summed E-state index contributed by atoms with van der Waals surface area (Å²) >= 11 is 0. The van der Waals surface area contributed by atoms with Crippen LogP contribution in [0.25, 0.3) is 0 Å². The molecule has 6 nitrogen and oxygen atoms in total. The molecule has 0 aromatic rings. The van der Waals surface area contributed by atoms with Gasteiger partial charge in [0.2, 0.25) is 0 Å². The fraction of sp³-hybridized carbons (Fsp3) is 0.667. The van der Waals surface area contributed by atoms with Crippen molar-refractivity contribution in [1.82, 2.24) is 0 Å². The van der Waals surface area contributed by atoms with Crippen LogP contribution in [0, 0.1) is 5.41 Å². The van der Waals surface area contributed by atoms with E-state index in [-0.39, 0.29) is 13.0 Å². The first-order valence-corrected chi connectivity index (χ1v) is 6.89. The lowest BCUT2D eigenvalue weighted by atomic mass is 9.57. The molecule has 0 aromatic heterocycles. The number of carboxylic acids is 1. The van der Waals surface area contributed by atoms with Gasteiger partial charge in [-0.05, 0) is 25.5 Å². The standard InChI is InChI=1S/C15H22O6/c1-9(6-11(17)18)4-5-15(20)13(2)8-21-14(15,3)7-10(16)12(13)19/h4-6,10,12,16,19-20H,7-8H2,1-3H3,(H,17,18). The summed E-state index contributed by atoms with van der Waals surface area (Å²) in [6.45, 7) is 5.07. The van der Waals surface area contributed by atoms with E-state index >= 15 is 0 Å². The molecule has 118 valence electrons. The Morgan fingerprint density at radius 1 is 1.33 bits per heavy atom. The summed E-state index contributed by atoms with van der Waals surface area (Å²) in [5.74, 6) is -1.07. The van der Waals surface area contributed by atoms with E-state index in [0.717, 1.165) is 6.08 Å². The maximum atomic E-state index is 11.1. The van der Waals surface area contributed by atoms with Gasteiger partial charge in [0.25, 0.3) is 0 Å². The van der Waals surface area contributed by atoms with Crippen molar-refractivity contribution < 1.29 is 30.0 Å². The average Bonchev–Trinajstić information content (AvgIpc) is 2.51. The quantitative estimate of drug-likeness (QED) is 0.439. The van der Waals surface area contributed by atoms with E-state index in [0.29, 0.717) is 5.57 Å². The van der Waals surface area contributed by atoms with Crippen LogP contribution in [0.5, 0.6) is 0 Å². The van der Waals surface area contributed by atoms with Crippen molar-refractivity contribution in [1.29, 1.82) is 0 Å². The molecular formula is C15H22O6. The Morgan fingerprint density at radius 3 is 2.52 bits per heavy atom. The number of aliphatic hydroxyl groups excluding tert-OH is 2. The highest BCUT2D eigenvalue weighted by Crippen LogP contribution is 2.57. The van der Waals surface area contributed by atoms with Crippen molar-refractivity contribution in [2.24, 2.45) is 5.41 Å². The highest BCUT2D eigenvalue weighted by Gasteiger charge is 2.70. The van der Waals surface area contributed by atoms with E-state index in [1.807, 2.05) is 0 Å². The van der Waals surface area contributed by atoms with Gasteiger partial charge in [-0.25, -0.2) is 4.79 Å². The molecule has 1 aliphatic carbocycles. The van der Waals surface area contributed by atoms with Crippen molar-refractivity contribution in [2.45, 2.75) is 50.6 Å². The van der Waals surface area contributed by atoms with Gasteiger partial charge < -0.3 is 25.2 Å². The van der Waals surface area contributed by atoms with E-state index in [1.54, 1.807) is 20.8 Å². The second-order valence-corrected chi connectivity index (χ2v) is 6.48. The Labute approximate surface area is 123 Å². The number of hydrogen-bond acceptors (Lipinski definition) is 5. The van der Waals surface area contributed by atoms with Gasteiger partial charge in [-0.1, -0.05) is 13.0 Å². The predicted molar refractivity (Wildman–Crippen MR) is 74.6 cm³/mol. The van der Waals surface area contributed by atoms with Gasteiger partial charge in [-0.15, -0.1) is 0 Å². The Kier molecular flexibility index (Phi) is 3.78. The van der Waals surface area contributed by atoms with E-state index in [1.165, 1.54) is 12.2 Å². The van der Waals surface area contributed by atoms with Crippen molar-refractivity contribution in [3.63, 3.8) is 0 Å². The molecule has 4 N–H and O–H groups in total. The molecule has 1 saturated carbocycles. The maximum absolute atomic E-state index is 11.1. The van der Waals surface area contributed by atoms with Crippen molar-refractivity contribution >= 4 is 5.97 Å². The minimum atomic E-state index is -1.49. The van der Waals surface area contributed by atoms with E-state index in [2.05, 4.69) is 0 Å². The fourth-order valence-electron chi connectivity index (χ4n) is 3.46. The van der Waals surface area contributed by atoms with Gasteiger partial charge in [0.05, 0.1) is 24.2 Å². The summed E-state index contributed by atoms with van der Waals surface area (Å²) in [6, 6.07) is 0. The van der Waals surface area contributed by atoms with Crippen molar-refractivity contribution in [2.75, 3.05) is 6.61 Å². The summed E-state index contributed by atoms with van der Waals surface area (Å²) < 4.78 is 5.68. The predicted octanol–water partition coefficient (Wildman–Crippen LogP) is 0.225. The van der Waals surface area contributed by atoms with Crippen molar-refractivity contribution in [3.8, 4) is 0 Å². The summed E-state index contributed by atoms with van der Waals surface area (Å²) in [4.78, 5) is 10.6. The maximum Gasteiger partial charge on any atom is 0.328 e. The Balaban J connectivity index is 2.41. The molecule has 0 aromatic carbocycles. The first kappa shape index (κ1) is 16.2. The first-order valence-electron chi connectivity index (χ1n) is 6.89. The zero-order valence-electron chi connectivity index (χ0n) is 12.4. The highest BCUT2D eigenvalue weighted by molar-refractivity contribution is 5.81. The largest absolute Gasteiger partial charge is 0.478 e. The molecule has 1 heterocycles. The molecule has 1 saturated heterocycles. The molecule has 2 bridgehead atoms. The van der Waals surface area contributed by atoms with Crippen LogP contribution >= 0.6 is 0 Å². The Bertz CT molecular complexity index is 512. The molecule has 0 spiro atoms. The molecule has 2 fully saturated rings. The van der Waals surface area contributed by atoms with Gasteiger partial charge in [-0.3, -0.25) is 0 Å². The molecule has 5 unspecified atom stereocenters. The van der Waals surface area contributed by atoms with Crippen LogP contribution in [0.15, 0.2) is 23.8 Å². The van der Waals surface area contributed by atoms with E-state index < -0.39 is 34.8 Å². The van der Waals surface area contributed by atoms with E-state index in [9.17, 15) is 20.1 Å². The van der Waals surface area contributed by atoms with Crippen LogP contribution in [-0.4, -0.2) is 56.4 Å². The smallest absolute Gasteiger partial charge is 0.328 e. The number of fused-ring (bicyclic) bond motifs is 2. The zero-order valence-corrected chi connectivity index (χ0v) is 12.4. The minimum Gasteiger partial charge on any atom is -0.478 e. The van der Waals surface area contributed by atoms with Gasteiger partial charge in [-0.2, -0.15) is 0 Å². The lowest BCUT2D eigenvalue weighted by molar-refractivity contribution is -0.196. The summed E-state index contributed by atoms with van der Waals surface area (Å²) in [5.41, 5.74) is -3.12. The lowest BCUT2D eigenvalue weighted by Gasteiger charge is -2.52. The van der Waals surface area contributed by atoms with Crippen LogP contribution in [0.4, 0.5) is 0 Å². The highest BCUT2D eigenvalue weighted by atomic mass is 16.5. The normalized spacial score (nSPS) is 47.0. The number of aliphatic carboxylic acids is 1. The van der Waals surface area contributed by atoms with Gasteiger partial charge in [0, 0.05) is 12.5 Å². The first-order chi connectivity index (χ1) is 9.56. The van der Waals surface area contributed by atoms with Crippen LogP contribution in [0.3, 0.4) is 0 Å². The summed E-state index contributed by atoms with van der Waals surface area (Å²) in [7, 11) is 0. The fourth-order valence-corrected chi connectivity index (χ4v) is 3.46. The summed E-state index contributed by atoms with van der Waals surface area (Å²) in [5, 5.41) is 40.0. The van der Waals surface area contributed by atoms with Crippen LogP contribution < -0.4 is 0 Å². The molecule has 0 radical (unpaired) electrons. The van der Waals surface area contributed by atoms with Crippen LogP contribution in [0.1, 0.15) is 27.2 Å². The molecule has 5 atom stereocenters. The Morgan fingerprint density at radius 2 is 1.95 bits per heavy atom. The third-order valence-electron chi connectivity index (χ3n) is 4.92. The molecular weight excluding hydrogens is 276 g/mol. The monoisotopic (exact) mass is 298 g/mol. The number of carbonyl (C=O) groups is 1.